The maximum absolute atomic E-state index is 10.9. The summed E-state index contributed by atoms with van der Waals surface area (Å²) in [4.78, 5) is 19.1. The van der Waals surface area contributed by atoms with Crippen LogP contribution in [0.15, 0.2) is 12.5 Å². The summed E-state index contributed by atoms with van der Waals surface area (Å²) in [7, 11) is 3.97. The maximum atomic E-state index is 10.9. The quantitative estimate of drug-likeness (QED) is 0.716. The fourth-order valence-corrected chi connectivity index (χ4v) is 1.90. The molecule has 0 unspecified atom stereocenters. The first-order valence-electron chi connectivity index (χ1n) is 6.60. The molecule has 0 amide bonds. The fraction of sp³-hybridized carbons (Fsp3) is 0.692. The van der Waals surface area contributed by atoms with E-state index < -0.39 is 5.97 Å². The van der Waals surface area contributed by atoms with Crippen LogP contribution in [0.3, 0.4) is 0 Å². The average molecular weight is 268 g/mol. The van der Waals surface area contributed by atoms with Gasteiger partial charge in [-0.05, 0) is 20.5 Å². The Morgan fingerprint density at radius 1 is 1.42 bits per heavy atom. The highest BCUT2D eigenvalue weighted by atomic mass is 16.4. The second-order valence-corrected chi connectivity index (χ2v) is 4.99. The molecule has 0 radical (unpaired) electrons. The fourth-order valence-electron chi connectivity index (χ4n) is 1.90. The topological polar surface area (TPSA) is 61.6 Å². The molecule has 0 aliphatic heterocycles. The zero-order valence-electron chi connectivity index (χ0n) is 12.0. The summed E-state index contributed by atoms with van der Waals surface area (Å²) >= 11 is 0. The molecule has 1 rings (SSSR count). The molecule has 1 aromatic heterocycles. The maximum Gasteiger partial charge on any atom is 0.317 e. The van der Waals surface area contributed by atoms with E-state index in [2.05, 4.69) is 21.4 Å². The Labute approximate surface area is 114 Å². The number of carboxylic acids is 1. The van der Waals surface area contributed by atoms with Crippen LogP contribution in [0, 0.1) is 0 Å². The van der Waals surface area contributed by atoms with Gasteiger partial charge in [0.25, 0.3) is 0 Å². The lowest BCUT2D eigenvalue weighted by molar-refractivity contribution is -0.138. The smallest absolute Gasteiger partial charge is 0.317 e. The SMILES string of the molecule is CCCn1cncc1CN(CCN(C)C)CC(=O)O. The van der Waals surface area contributed by atoms with Crippen LogP contribution >= 0.6 is 0 Å². The van der Waals surface area contributed by atoms with Gasteiger partial charge >= 0.3 is 5.97 Å². The molecule has 0 aliphatic rings. The van der Waals surface area contributed by atoms with E-state index in [1.54, 1.807) is 0 Å². The van der Waals surface area contributed by atoms with Crippen molar-refractivity contribution in [2.45, 2.75) is 26.4 Å². The minimum Gasteiger partial charge on any atom is -0.480 e. The van der Waals surface area contributed by atoms with Gasteiger partial charge in [-0.2, -0.15) is 0 Å². The summed E-state index contributed by atoms with van der Waals surface area (Å²) in [5, 5.41) is 8.97. The van der Waals surface area contributed by atoms with Gasteiger partial charge in [0.1, 0.15) is 0 Å². The summed E-state index contributed by atoms with van der Waals surface area (Å²) in [5.41, 5.74) is 1.07. The summed E-state index contributed by atoms with van der Waals surface area (Å²) in [6, 6.07) is 0. The van der Waals surface area contributed by atoms with Crippen molar-refractivity contribution in [3.63, 3.8) is 0 Å². The number of likely N-dealkylation sites (N-methyl/N-ethyl adjacent to an activating group) is 1. The number of rotatable bonds is 9. The largest absolute Gasteiger partial charge is 0.480 e. The number of aliphatic carboxylic acids is 1. The number of aryl methyl sites for hydroxylation is 1. The highest BCUT2D eigenvalue weighted by Gasteiger charge is 2.13. The van der Waals surface area contributed by atoms with Crippen LogP contribution in [0.1, 0.15) is 19.0 Å². The Kier molecular flexibility index (Phi) is 6.52. The molecule has 0 aliphatic carbocycles. The summed E-state index contributed by atoms with van der Waals surface area (Å²) < 4.78 is 2.09. The van der Waals surface area contributed by atoms with Crippen molar-refractivity contribution >= 4 is 5.97 Å². The molecule has 1 N–H and O–H groups in total. The first-order chi connectivity index (χ1) is 9.02. The van der Waals surface area contributed by atoms with Crippen molar-refractivity contribution in [3.05, 3.63) is 18.2 Å². The minimum atomic E-state index is -0.791. The highest BCUT2D eigenvalue weighted by Crippen LogP contribution is 2.05. The first-order valence-corrected chi connectivity index (χ1v) is 6.60. The molecule has 0 atom stereocenters. The average Bonchev–Trinajstić information content (AvgIpc) is 2.73. The summed E-state index contributed by atoms with van der Waals surface area (Å²) in [6.45, 7) is 5.30. The van der Waals surface area contributed by atoms with Crippen molar-refractivity contribution in [1.29, 1.82) is 0 Å². The van der Waals surface area contributed by atoms with Crippen molar-refractivity contribution in [2.24, 2.45) is 0 Å². The van der Waals surface area contributed by atoms with E-state index >= 15 is 0 Å². The molecule has 0 fully saturated rings. The van der Waals surface area contributed by atoms with Crippen molar-refractivity contribution < 1.29 is 9.90 Å². The number of hydrogen-bond acceptors (Lipinski definition) is 4. The molecule has 6 heteroatoms. The number of carbonyl (C=O) groups is 1. The minimum absolute atomic E-state index is 0.0607. The van der Waals surface area contributed by atoms with Gasteiger partial charge in [-0.1, -0.05) is 6.92 Å². The van der Waals surface area contributed by atoms with E-state index in [1.165, 1.54) is 0 Å². The third-order valence-corrected chi connectivity index (χ3v) is 2.87. The predicted octanol–water partition coefficient (Wildman–Crippen LogP) is 0.741. The van der Waals surface area contributed by atoms with Crippen LogP contribution < -0.4 is 0 Å². The molecule has 1 aromatic rings. The van der Waals surface area contributed by atoms with Crippen molar-refractivity contribution in [1.82, 2.24) is 19.4 Å². The lowest BCUT2D eigenvalue weighted by Gasteiger charge is -2.22. The van der Waals surface area contributed by atoms with E-state index in [1.807, 2.05) is 31.5 Å². The summed E-state index contributed by atoms with van der Waals surface area (Å²) in [6.07, 6.45) is 4.67. The molecule has 108 valence electrons. The van der Waals surface area contributed by atoms with Crippen LogP contribution in [-0.2, 0) is 17.9 Å². The molecule has 0 spiro atoms. The normalized spacial score (nSPS) is 11.4. The number of nitrogens with zero attached hydrogens (tertiary/aromatic N) is 4. The van der Waals surface area contributed by atoms with E-state index in [9.17, 15) is 4.79 Å². The predicted molar refractivity (Wildman–Crippen MR) is 74.0 cm³/mol. The standard InChI is InChI=1S/C13H24N4O2/c1-4-5-17-11-14-8-12(17)9-16(10-13(18)19)7-6-15(2)3/h8,11H,4-7,9-10H2,1-3H3,(H,18,19). The number of aromatic nitrogens is 2. The molecule has 1 heterocycles. The van der Waals surface area contributed by atoms with Gasteiger partial charge in [0, 0.05) is 32.4 Å². The monoisotopic (exact) mass is 268 g/mol. The molecule has 6 nitrogen and oxygen atoms in total. The third-order valence-electron chi connectivity index (χ3n) is 2.87. The van der Waals surface area contributed by atoms with Crippen LogP contribution in [-0.4, -0.2) is 64.2 Å². The zero-order valence-corrected chi connectivity index (χ0v) is 12.0. The van der Waals surface area contributed by atoms with Gasteiger partial charge < -0.3 is 14.6 Å². The van der Waals surface area contributed by atoms with Crippen LogP contribution in [0.4, 0.5) is 0 Å². The molecule has 0 saturated carbocycles. The molecular formula is C13H24N4O2. The van der Waals surface area contributed by atoms with Gasteiger partial charge in [0.2, 0.25) is 0 Å². The second kappa shape index (κ2) is 7.91. The highest BCUT2D eigenvalue weighted by molar-refractivity contribution is 5.69. The van der Waals surface area contributed by atoms with E-state index in [-0.39, 0.29) is 6.54 Å². The molecule has 0 aromatic carbocycles. The van der Waals surface area contributed by atoms with Gasteiger partial charge in [-0.15, -0.1) is 0 Å². The van der Waals surface area contributed by atoms with Crippen molar-refractivity contribution in [3.8, 4) is 0 Å². The molecule has 0 saturated heterocycles. The Morgan fingerprint density at radius 2 is 2.16 bits per heavy atom. The van der Waals surface area contributed by atoms with Crippen LogP contribution in [0.25, 0.3) is 0 Å². The third kappa shape index (κ3) is 5.85. The molecule has 0 bridgehead atoms. The lowest BCUT2D eigenvalue weighted by Crippen LogP contribution is -2.35. The van der Waals surface area contributed by atoms with Gasteiger partial charge in [0.15, 0.2) is 0 Å². The lowest BCUT2D eigenvalue weighted by atomic mass is 10.3. The Morgan fingerprint density at radius 3 is 2.74 bits per heavy atom. The van der Waals surface area contributed by atoms with Crippen LogP contribution in [0.5, 0.6) is 0 Å². The van der Waals surface area contributed by atoms with Gasteiger partial charge in [-0.25, -0.2) is 4.98 Å². The van der Waals surface area contributed by atoms with Crippen molar-refractivity contribution in [2.75, 3.05) is 33.7 Å². The first kappa shape index (κ1) is 15.7. The van der Waals surface area contributed by atoms with Gasteiger partial charge in [-0.3, -0.25) is 9.69 Å². The number of carboxylic acid groups (broad SMARTS) is 1. The Hall–Kier alpha value is -1.40. The zero-order chi connectivity index (χ0) is 14.3. The van der Waals surface area contributed by atoms with E-state index in [0.717, 1.165) is 31.7 Å². The number of hydrogen-bond donors (Lipinski definition) is 1. The Bertz CT molecular complexity index is 390. The van der Waals surface area contributed by atoms with E-state index in [4.69, 9.17) is 5.11 Å². The van der Waals surface area contributed by atoms with Crippen LogP contribution in [0.2, 0.25) is 0 Å². The molecule has 19 heavy (non-hydrogen) atoms. The second-order valence-electron chi connectivity index (χ2n) is 4.99. The summed E-state index contributed by atoms with van der Waals surface area (Å²) in [5.74, 6) is -0.791. The Balaban J connectivity index is 2.64. The number of imidazole rings is 1. The molecular weight excluding hydrogens is 244 g/mol. The van der Waals surface area contributed by atoms with Gasteiger partial charge in [0.05, 0.1) is 18.6 Å². The van der Waals surface area contributed by atoms with E-state index in [0.29, 0.717) is 6.54 Å².